The summed E-state index contributed by atoms with van der Waals surface area (Å²) in [5, 5.41) is 16.8. The van der Waals surface area contributed by atoms with E-state index in [1.165, 1.54) is 15.3 Å². The average Bonchev–Trinajstić information content (AvgIpc) is 3.36. The van der Waals surface area contributed by atoms with Crippen molar-refractivity contribution in [1.82, 2.24) is 10.2 Å². The van der Waals surface area contributed by atoms with E-state index in [0.29, 0.717) is 6.54 Å². The Kier molecular flexibility index (Phi) is 4.63. The maximum Gasteiger partial charge on any atom is 0.235 e. The number of fused-ring (bicyclic) bond motifs is 1. The third-order valence-corrected chi connectivity index (χ3v) is 7.20. The fourth-order valence-corrected chi connectivity index (χ4v) is 5.83. The topological polar surface area (TPSA) is 56.1 Å². The van der Waals surface area contributed by atoms with Crippen LogP contribution in [-0.2, 0) is 11.2 Å². The molecule has 0 bridgehead atoms. The second-order valence-corrected chi connectivity index (χ2v) is 8.87. The number of nitriles is 1. The zero-order chi connectivity index (χ0) is 17.3. The third kappa shape index (κ3) is 3.24. The van der Waals surface area contributed by atoms with E-state index in [4.69, 9.17) is 0 Å². The zero-order valence-electron chi connectivity index (χ0n) is 14.0. The first-order valence-electron chi connectivity index (χ1n) is 8.77. The predicted octanol–water partition coefficient (Wildman–Crippen LogP) is 3.71. The molecule has 3 heterocycles. The maximum absolute atomic E-state index is 12.7. The molecule has 2 aromatic rings. The number of amides is 1. The lowest BCUT2D eigenvalue weighted by Crippen LogP contribution is -2.50. The molecule has 1 amide bonds. The van der Waals surface area contributed by atoms with Gasteiger partial charge in [0.25, 0.3) is 0 Å². The minimum atomic E-state index is -0.640. The van der Waals surface area contributed by atoms with Crippen molar-refractivity contribution < 1.29 is 4.79 Å². The third-order valence-electron chi connectivity index (χ3n) is 5.27. The molecule has 6 heteroatoms. The van der Waals surface area contributed by atoms with E-state index in [1.807, 2.05) is 11.3 Å². The Morgan fingerprint density at radius 3 is 2.88 bits per heavy atom. The summed E-state index contributed by atoms with van der Waals surface area (Å²) < 4.78 is 0. The second kappa shape index (κ2) is 6.91. The van der Waals surface area contributed by atoms with Gasteiger partial charge in [0.05, 0.1) is 18.7 Å². The zero-order valence-corrected chi connectivity index (χ0v) is 15.7. The van der Waals surface area contributed by atoms with Crippen molar-refractivity contribution in [1.29, 1.82) is 5.26 Å². The normalized spacial score (nSPS) is 22.3. The van der Waals surface area contributed by atoms with Gasteiger partial charge in [0.15, 0.2) is 0 Å². The van der Waals surface area contributed by atoms with Gasteiger partial charge < -0.3 is 5.32 Å². The SMILES string of the molecule is N#CC1(NC(=O)CN2CCc3sccc3[C@H]2c2cccs2)CCCC1. The number of hydrogen-bond acceptors (Lipinski definition) is 5. The number of nitrogens with one attached hydrogen (secondary N) is 1. The van der Waals surface area contributed by atoms with E-state index in [2.05, 4.69) is 45.2 Å². The van der Waals surface area contributed by atoms with Crippen LogP contribution in [0.3, 0.4) is 0 Å². The van der Waals surface area contributed by atoms with Gasteiger partial charge in [-0.15, -0.1) is 22.7 Å². The van der Waals surface area contributed by atoms with Crippen LogP contribution in [0.4, 0.5) is 0 Å². The first kappa shape index (κ1) is 16.8. The molecule has 25 heavy (non-hydrogen) atoms. The Morgan fingerprint density at radius 1 is 1.32 bits per heavy atom. The van der Waals surface area contributed by atoms with Crippen molar-refractivity contribution in [2.45, 2.75) is 43.7 Å². The van der Waals surface area contributed by atoms with Crippen molar-refractivity contribution >= 4 is 28.6 Å². The Hall–Kier alpha value is -1.68. The molecule has 1 aliphatic heterocycles. The summed E-state index contributed by atoms with van der Waals surface area (Å²) in [6.45, 7) is 1.23. The Morgan fingerprint density at radius 2 is 2.16 bits per heavy atom. The van der Waals surface area contributed by atoms with Crippen LogP contribution in [0.2, 0.25) is 0 Å². The molecule has 1 fully saturated rings. The van der Waals surface area contributed by atoms with Crippen molar-refractivity contribution in [3.8, 4) is 6.07 Å². The van der Waals surface area contributed by atoms with E-state index >= 15 is 0 Å². The fourth-order valence-electron chi connectivity index (χ4n) is 4.05. The Labute approximate surface area is 156 Å². The molecule has 4 nitrogen and oxygen atoms in total. The van der Waals surface area contributed by atoms with E-state index in [0.717, 1.165) is 38.6 Å². The van der Waals surface area contributed by atoms with Crippen LogP contribution in [0.15, 0.2) is 29.0 Å². The molecule has 0 saturated heterocycles. The van der Waals surface area contributed by atoms with Gasteiger partial charge in [0, 0.05) is 16.3 Å². The summed E-state index contributed by atoms with van der Waals surface area (Å²) in [5.74, 6) is -0.0244. The van der Waals surface area contributed by atoms with Gasteiger partial charge in [0.1, 0.15) is 5.54 Å². The molecular formula is C19H21N3OS2. The first-order chi connectivity index (χ1) is 12.2. The molecule has 1 atom stereocenters. The summed E-state index contributed by atoms with van der Waals surface area (Å²) in [7, 11) is 0. The lowest BCUT2D eigenvalue weighted by Gasteiger charge is -2.35. The summed E-state index contributed by atoms with van der Waals surface area (Å²) in [5.41, 5.74) is 0.695. The van der Waals surface area contributed by atoms with Crippen LogP contribution >= 0.6 is 22.7 Å². The minimum absolute atomic E-state index is 0.0244. The fraction of sp³-hybridized carbons (Fsp3) is 0.474. The van der Waals surface area contributed by atoms with E-state index < -0.39 is 5.54 Å². The highest BCUT2D eigenvalue weighted by atomic mass is 32.1. The average molecular weight is 372 g/mol. The summed E-state index contributed by atoms with van der Waals surface area (Å²) >= 11 is 3.55. The number of rotatable bonds is 4. The van der Waals surface area contributed by atoms with Gasteiger partial charge in [-0.2, -0.15) is 5.26 Å². The monoisotopic (exact) mass is 371 g/mol. The summed E-state index contributed by atoms with van der Waals surface area (Å²) in [6.07, 6.45) is 4.59. The van der Waals surface area contributed by atoms with Crippen LogP contribution in [0.5, 0.6) is 0 Å². The first-order valence-corrected chi connectivity index (χ1v) is 10.5. The highest BCUT2D eigenvalue weighted by Gasteiger charge is 2.37. The number of hydrogen-bond donors (Lipinski definition) is 1. The lowest BCUT2D eigenvalue weighted by molar-refractivity contribution is -0.124. The van der Waals surface area contributed by atoms with Gasteiger partial charge in [-0.1, -0.05) is 6.07 Å². The molecular weight excluding hydrogens is 350 g/mol. The van der Waals surface area contributed by atoms with Gasteiger partial charge >= 0.3 is 0 Å². The van der Waals surface area contributed by atoms with Gasteiger partial charge in [0.2, 0.25) is 5.91 Å². The van der Waals surface area contributed by atoms with Gasteiger partial charge in [-0.3, -0.25) is 9.69 Å². The van der Waals surface area contributed by atoms with Gasteiger partial charge in [-0.05, 0) is 60.6 Å². The van der Waals surface area contributed by atoms with Crippen LogP contribution < -0.4 is 5.32 Å². The van der Waals surface area contributed by atoms with E-state index in [1.54, 1.807) is 11.3 Å². The number of nitrogens with zero attached hydrogens (tertiary/aromatic N) is 2. The second-order valence-electron chi connectivity index (χ2n) is 6.89. The molecule has 2 aromatic heterocycles. The molecule has 0 radical (unpaired) electrons. The number of thiophene rings is 2. The summed E-state index contributed by atoms with van der Waals surface area (Å²) in [6, 6.07) is 8.93. The molecule has 4 rings (SSSR count). The maximum atomic E-state index is 12.7. The highest BCUT2D eigenvalue weighted by Crippen LogP contribution is 2.39. The van der Waals surface area contributed by atoms with Crippen LogP contribution in [-0.4, -0.2) is 29.4 Å². The largest absolute Gasteiger partial charge is 0.337 e. The van der Waals surface area contributed by atoms with Crippen LogP contribution in [0.1, 0.15) is 47.0 Å². The van der Waals surface area contributed by atoms with Crippen LogP contribution in [0, 0.1) is 11.3 Å². The smallest absolute Gasteiger partial charge is 0.235 e. The van der Waals surface area contributed by atoms with Crippen molar-refractivity contribution in [3.05, 3.63) is 44.3 Å². The summed E-state index contributed by atoms with van der Waals surface area (Å²) in [4.78, 5) is 17.7. The number of carbonyl (C=O) groups excluding carboxylic acids is 1. The van der Waals surface area contributed by atoms with Crippen molar-refractivity contribution in [3.63, 3.8) is 0 Å². The van der Waals surface area contributed by atoms with Crippen molar-refractivity contribution in [2.24, 2.45) is 0 Å². The van der Waals surface area contributed by atoms with E-state index in [-0.39, 0.29) is 11.9 Å². The Balaban J connectivity index is 1.53. The molecule has 130 valence electrons. The lowest BCUT2D eigenvalue weighted by atomic mass is 9.97. The Bertz CT molecular complexity index is 784. The molecule has 1 N–H and O–H groups in total. The molecule has 0 aromatic carbocycles. The minimum Gasteiger partial charge on any atom is -0.337 e. The molecule has 0 unspecified atom stereocenters. The van der Waals surface area contributed by atoms with Crippen molar-refractivity contribution in [2.75, 3.05) is 13.1 Å². The standard InChI is InChI=1S/C19H21N3OS2/c20-13-19(7-1-2-8-19)21-17(23)12-22-9-5-15-14(6-11-25-15)18(22)16-4-3-10-24-16/h3-4,6,10-11,18H,1-2,5,7-9,12H2,(H,21,23)/t18-/m0/s1. The molecule has 1 aliphatic carbocycles. The quantitative estimate of drug-likeness (QED) is 0.891. The van der Waals surface area contributed by atoms with Gasteiger partial charge in [-0.25, -0.2) is 0 Å². The molecule has 0 spiro atoms. The highest BCUT2D eigenvalue weighted by molar-refractivity contribution is 7.10. The van der Waals surface area contributed by atoms with E-state index in [9.17, 15) is 10.1 Å². The predicted molar refractivity (Wildman–Crippen MR) is 101 cm³/mol. The molecule has 2 aliphatic rings. The number of carbonyl (C=O) groups is 1. The van der Waals surface area contributed by atoms with Crippen LogP contribution in [0.25, 0.3) is 0 Å². The molecule has 1 saturated carbocycles.